The molecule has 0 atom stereocenters. The number of benzene rings is 9. The van der Waals surface area contributed by atoms with Gasteiger partial charge in [0.25, 0.3) is 0 Å². The summed E-state index contributed by atoms with van der Waals surface area (Å²) >= 11 is 0. The normalized spacial score (nSPS) is 11.8. The van der Waals surface area contributed by atoms with Crippen molar-refractivity contribution in [2.75, 3.05) is 0 Å². The Hall–Kier alpha value is -8.28. The molecule has 2 aromatic heterocycles. The molecule has 0 radical (unpaired) electrons. The van der Waals surface area contributed by atoms with Crippen LogP contribution in [0, 0.1) is 0 Å². The fourth-order valence-corrected chi connectivity index (χ4v) is 8.87. The van der Waals surface area contributed by atoms with Crippen LogP contribution in [0.4, 0.5) is 0 Å². The number of aromatic nitrogens is 4. The topological polar surface area (TPSA) is 60.7 Å². The average molecular weight is 781 g/mol. The van der Waals surface area contributed by atoms with Gasteiger partial charge in [-0.1, -0.05) is 176 Å². The summed E-state index contributed by atoms with van der Waals surface area (Å²) in [5, 5.41) is 8.97. The molecule has 0 unspecified atom stereocenters. The quantitative estimate of drug-likeness (QED) is 0.0667. The lowest BCUT2D eigenvalue weighted by Gasteiger charge is -2.16. The van der Waals surface area contributed by atoms with Crippen LogP contribution in [0.5, 0.6) is 0 Å². The fraction of sp³-hybridized carbons (Fsp3) is 0. The Morgan fingerprint density at radius 2 is 0.967 bits per heavy atom. The van der Waals surface area contributed by atoms with Crippen molar-refractivity contribution < 1.29 is 4.79 Å². The third-order valence-electron chi connectivity index (χ3n) is 11.7. The van der Waals surface area contributed by atoms with Gasteiger partial charge in [-0.05, 0) is 79.5 Å². The van der Waals surface area contributed by atoms with E-state index in [4.69, 9.17) is 15.0 Å². The first-order valence-corrected chi connectivity index (χ1v) is 20.3. The summed E-state index contributed by atoms with van der Waals surface area (Å²) in [5.41, 5.74) is 10.0. The summed E-state index contributed by atoms with van der Waals surface area (Å²) in [7, 11) is 0. The molecule has 0 saturated heterocycles. The number of carbonyl (C=O) groups is 1. The van der Waals surface area contributed by atoms with E-state index in [9.17, 15) is 4.79 Å². The Balaban J connectivity index is 1.21. The summed E-state index contributed by atoms with van der Waals surface area (Å²) in [5.74, 6) is 1.26. The fourth-order valence-electron chi connectivity index (χ4n) is 8.87. The first-order valence-electron chi connectivity index (χ1n) is 20.3. The van der Waals surface area contributed by atoms with Gasteiger partial charge in [-0.15, -0.1) is 0 Å². The van der Waals surface area contributed by atoms with Crippen molar-refractivity contribution in [3.63, 3.8) is 0 Å². The van der Waals surface area contributed by atoms with Gasteiger partial charge in [0.15, 0.2) is 23.8 Å². The van der Waals surface area contributed by atoms with Gasteiger partial charge < -0.3 is 4.57 Å². The number of hydrogen-bond acceptors (Lipinski definition) is 4. The van der Waals surface area contributed by atoms with Crippen LogP contribution in [0.2, 0.25) is 0 Å². The average Bonchev–Trinajstić information content (AvgIpc) is 3.66. The predicted octanol–water partition coefficient (Wildman–Crippen LogP) is 13.9. The molecular weight excluding hydrogens is 745 g/mol. The molecule has 0 bridgehead atoms. The molecule has 2 heterocycles. The Morgan fingerprint density at radius 3 is 1.57 bits per heavy atom. The lowest BCUT2D eigenvalue weighted by Crippen LogP contribution is -2.04. The van der Waals surface area contributed by atoms with Gasteiger partial charge in [-0.3, -0.25) is 4.79 Å². The van der Waals surface area contributed by atoms with Crippen LogP contribution < -0.4 is 0 Å². The zero-order valence-corrected chi connectivity index (χ0v) is 33.0. The lowest BCUT2D eigenvalue weighted by molar-refractivity contribution is -0.103. The standard InChI is InChI=1S/C56H36N4O/c1-2-15-41(35-61)55-57-54(38-20-10-5-11-21-38)58-56(59-55)49-25-14-24-47-43-22-12-13-23-44(43)50-34-42(28-31-48(50)53(47)49)60-51-32-39(36-16-6-3-7-17-36)26-29-45(51)46-30-27-40(33-52(46)60)37-18-8-4-9-19-37/h2-35H,1H2/b41-15+. The highest BCUT2D eigenvalue weighted by molar-refractivity contribution is 6.28. The molecule has 0 aliphatic carbocycles. The van der Waals surface area contributed by atoms with Gasteiger partial charge in [0.1, 0.15) is 0 Å². The van der Waals surface area contributed by atoms with Gasteiger partial charge in [0.05, 0.1) is 16.6 Å². The zero-order valence-electron chi connectivity index (χ0n) is 33.0. The molecule has 0 aliphatic heterocycles. The number of hydrogen-bond donors (Lipinski definition) is 0. The number of nitrogens with zero attached hydrogens (tertiary/aromatic N) is 4. The Kier molecular flexibility index (Phi) is 8.72. The minimum Gasteiger partial charge on any atom is -0.309 e. The molecule has 0 N–H and O–H groups in total. The van der Waals surface area contributed by atoms with E-state index in [-0.39, 0.29) is 0 Å². The second-order valence-corrected chi connectivity index (χ2v) is 15.2. The number of allylic oxidation sites excluding steroid dienone is 3. The van der Waals surface area contributed by atoms with Crippen LogP contribution >= 0.6 is 0 Å². The minimum atomic E-state index is 0.291. The van der Waals surface area contributed by atoms with E-state index in [2.05, 4.69) is 169 Å². The maximum atomic E-state index is 12.4. The van der Waals surface area contributed by atoms with Gasteiger partial charge in [0.2, 0.25) is 0 Å². The van der Waals surface area contributed by atoms with Gasteiger partial charge >= 0.3 is 0 Å². The van der Waals surface area contributed by atoms with Crippen molar-refractivity contribution in [3.05, 3.63) is 213 Å². The van der Waals surface area contributed by atoms with Crippen molar-refractivity contribution in [2.24, 2.45) is 0 Å². The highest BCUT2D eigenvalue weighted by Crippen LogP contribution is 2.43. The largest absolute Gasteiger partial charge is 0.309 e. The Labute approximate surface area is 352 Å². The van der Waals surface area contributed by atoms with Crippen LogP contribution in [0.1, 0.15) is 5.82 Å². The van der Waals surface area contributed by atoms with Crippen LogP contribution in [-0.4, -0.2) is 25.8 Å². The second-order valence-electron chi connectivity index (χ2n) is 15.2. The molecule has 0 aliphatic rings. The van der Waals surface area contributed by atoms with Gasteiger partial charge in [0, 0.05) is 33.0 Å². The van der Waals surface area contributed by atoms with Crippen molar-refractivity contribution in [1.82, 2.24) is 19.5 Å². The summed E-state index contributed by atoms with van der Waals surface area (Å²) in [4.78, 5) is 27.2. The molecule has 0 saturated carbocycles. The van der Waals surface area contributed by atoms with Crippen LogP contribution in [0.15, 0.2) is 207 Å². The maximum absolute atomic E-state index is 12.4. The molecule has 286 valence electrons. The second kappa shape index (κ2) is 14.8. The molecule has 5 heteroatoms. The van der Waals surface area contributed by atoms with Gasteiger partial charge in [-0.2, -0.15) is 0 Å². The Morgan fingerprint density at radius 1 is 0.443 bits per heavy atom. The number of rotatable bonds is 8. The lowest BCUT2D eigenvalue weighted by atomic mass is 9.91. The van der Waals surface area contributed by atoms with Crippen LogP contribution in [0.3, 0.4) is 0 Å². The molecule has 0 fully saturated rings. The van der Waals surface area contributed by atoms with E-state index in [1.54, 1.807) is 12.2 Å². The zero-order chi connectivity index (χ0) is 40.9. The maximum Gasteiger partial charge on any atom is 0.167 e. The smallest absolute Gasteiger partial charge is 0.167 e. The third kappa shape index (κ3) is 6.10. The number of fused-ring (bicyclic) bond motifs is 9. The van der Waals surface area contributed by atoms with Crippen molar-refractivity contribution >= 4 is 66.0 Å². The summed E-state index contributed by atoms with van der Waals surface area (Å²) < 4.78 is 2.42. The van der Waals surface area contributed by atoms with Crippen molar-refractivity contribution in [3.8, 4) is 50.7 Å². The number of aldehydes is 1. The first-order chi connectivity index (χ1) is 30.2. The molecule has 0 spiro atoms. The van der Waals surface area contributed by atoms with E-state index in [0.717, 1.165) is 77.6 Å². The van der Waals surface area contributed by atoms with E-state index in [1.807, 2.05) is 30.3 Å². The van der Waals surface area contributed by atoms with E-state index < -0.39 is 0 Å². The predicted molar refractivity (Wildman–Crippen MR) is 253 cm³/mol. The highest BCUT2D eigenvalue weighted by atomic mass is 16.1. The highest BCUT2D eigenvalue weighted by Gasteiger charge is 2.20. The molecule has 5 nitrogen and oxygen atoms in total. The van der Waals surface area contributed by atoms with E-state index >= 15 is 0 Å². The Bertz CT molecular complexity index is 3460. The van der Waals surface area contributed by atoms with Crippen molar-refractivity contribution in [2.45, 2.75) is 0 Å². The molecule has 61 heavy (non-hydrogen) atoms. The van der Waals surface area contributed by atoms with E-state index in [0.29, 0.717) is 23.0 Å². The van der Waals surface area contributed by atoms with Crippen LogP contribution in [0.25, 0.3) is 110 Å². The third-order valence-corrected chi connectivity index (χ3v) is 11.7. The molecule has 11 rings (SSSR count). The van der Waals surface area contributed by atoms with Crippen LogP contribution in [-0.2, 0) is 4.79 Å². The van der Waals surface area contributed by atoms with Crippen molar-refractivity contribution in [1.29, 1.82) is 0 Å². The molecular formula is C56H36N4O. The van der Waals surface area contributed by atoms with Gasteiger partial charge in [-0.25, -0.2) is 15.0 Å². The molecule has 0 amide bonds. The first kappa shape index (κ1) is 35.8. The summed E-state index contributed by atoms with van der Waals surface area (Å²) in [6.07, 6.45) is 3.98. The summed E-state index contributed by atoms with van der Waals surface area (Å²) in [6.45, 7) is 3.83. The van der Waals surface area contributed by atoms with E-state index in [1.165, 1.54) is 21.9 Å². The molecule has 11 aromatic rings. The monoisotopic (exact) mass is 780 g/mol. The molecule has 9 aromatic carbocycles. The number of carbonyl (C=O) groups excluding carboxylic acids is 1. The SMILES string of the molecule is C=C/C=C(\C=O)c1nc(-c2ccccc2)nc(-c2cccc3c4ccccc4c4cc(-n5c6cc(-c7ccccc7)ccc6c6ccc(-c7ccccc7)cc65)ccc4c23)n1. The minimum absolute atomic E-state index is 0.291. The summed E-state index contributed by atoms with van der Waals surface area (Å²) in [6, 6.07) is 66.3.